The Hall–Kier alpha value is -1.06. The molecule has 1 unspecified atom stereocenters. The van der Waals surface area contributed by atoms with E-state index in [1.165, 1.54) is 11.1 Å². The Kier molecular flexibility index (Phi) is 7.76. The van der Waals surface area contributed by atoms with Crippen molar-refractivity contribution in [3.05, 3.63) is 35.4 Å². The first-order valence-corrected chi connectivity index (χ1v) is 7.77. The van der Waals surface area contributed by atoms with Gasteiger partial charge in [0, 0.05) is 25.6 Å². The molecule has 1 aliphatic heterocycles. The van der Waals surface area contributed by atoms with Crippen LogP contribution >= 0.6 is 12.4 Å². The van der Waals surface area contributed by atoms with E-state index in [-0.39, 0.29) is 12.4 Å². The second kappa shape index (κ2) is 9.06. The Labute approximate surface area is 134 Å². The van der Waals surface area contributed by atoms with Crippen LogP contribution < -0.4 is 5.32 Å². The largest absolute Gasteiger partial charge is 0.338 e. The van der Waals surface area contributed by atoms with Crippen molar-refractivity contribution in [3.8, 4) is 0 Å². The van der Waals surface area contributed by atoms with Gasteiger partial charge in [-0.2, -0.15) is 0 Å². The summed E-state index contributed by atoms with van der Waals surface area (Å²) in [5.41, 5.74) is 2.58. The van der Waals surface area contributed by atoms with Gasteiger partial charge in [-0.1, -0.05) is 31.2 Å². The molecule has 118 valence electrons. The molecule has 0 aromatic heterocycles. The topological polar surface area (TPSA) is 32.3 Å². The maximum absolute atomic E-state index is 12.5. The van der Waals surface area contributed by atoms with Crippen molar-refractivity contribution < 1.29 is 4.79 Å². The Morgan fingerprint density at radius 1 is 1.38 bits per heavy atom. The van der Waals surface area contributed by atoms with Gasteiger partial charge in [0.15, 0.2) is 0 Å². The van der Waals surface area contributed by atoms with Gasteiger partial charge in [-0.3, -0.25) is 4.79 Å². The third-order valence-corrected chi connectivity index (χ3v) is 4.13. The molecule has 0 spiro atoms. The van der Waals surface area contributed by atoms with Crippen LogP contribution in [-0.2, 0) is 11.2 Å². The molecule has 1 fully saturated rings. The smallest absolute Gasteiger partial charge is 0.223 e. The van der Waals surface area contributed by atoms with E-state index in [4.69, 9.17) is 0 Å². The molecule has 1 aromatic carbocycles. The lowest BCUT2D eigenvalue weighted by atomic mass is 10.0. The zero-order chi connectivity index (χ0) is 14.4. The number of hydrogen-bond acceptors (Lipinski definition) is 2. The fraction of sp³-hybridized carbons (Fsp3) is 0.588. The third-order valence-electron chi connectivity index (χ3n) is 4.13. The lowest BCUT2D eigenvalue weighted by Gasteiger charge is -2.28. The second-order valence-corrected chi connectivity index (χ2v) is 5.66. The first-order valence-electron chi connectivity index (χ1n) is 7.77. The number of aryl methyl sites for hydroxylation is 2. The molecule has 3 nitrogen and oxygen atoms in total. The molecule has 1 amide bonds. The lowest BCUT2D eigenvalue weighted by Crippen LogP contribution is -2.42. The van der Waals surface area contributed by atoms with Crippen LogP contribution in [0.3, 0.4) is 0 Å². The van der Waals surface area contributed by atoms with Gasteiger partial charge in [-0.25, -0.2) is 0 Å². The summed E-state index contributed by atoms with van der Waals surface area (Å²) in [4.78, 5) is 14.6. The van der Waals surface area contributed by atoms with E-state index >= 15 is 0 Å². The van der Waals surface area contributed by atoms with Crippen LogP contribution in [0.15, 0.2) is 24.3 Å². The summed E-state index contributed by atoms with van der Waals surface area (Å²) in [6.45, 7) is 7.14. The van der Waals surface area contributed by atoms with Gasteiger partial charge in [-0.15, -0.1) is 12.4 Å². The SMILES string of the molecule is CCCN(C(=O)CCc1ccccc1C)C1CCNC1.Cl. The summed E-state index contributed by atoms with van der Waals surface area (Å²) in [5, 5.41) is 3.36. The molecule has 21 heavy (non-hydrogen) atoms. The third kappa shape index (κ3) is 5.01. The lowest BCUT2D eigenvalue weighted by molar-refractivity contribution is -0.133. The van der Waals surface area contributed by atoms with Crippen LogP contribution in [0.4, 0.5) is 0 Å². The highest BCUT2D eigenvalue weighted by Gasteiger charge is 2.25. The van der Waals surface area contributed by atoms with Gasteiger partial charge < -0.3 is 10.2 Å². The molecule has 1 atom stereocenters. The molecule has 0 radical (unpaired) electrons. The van der Waals surface area contributed by atoms with Gasteiger partial charge in [0.05, 0.1) is 0 Å². The number of nitrogens with zero attached hydrogens (tertiary/aromatic N) is 1. The molecular weight excluding hydrogens is 284 g/mol. The predicted octanol–water partition coefficient (Wildman–Crippen LogP) is 2.95. The zero-order valence-corrected chi connectivity index (χ0v) is 13.9. The fourth-order valence-electron chi connectivity index (χ4n) is 2.93. The first kappa shape index (κ1) is 18.0. The maximum atomic E-state index is 12.5. The summed E-state index contributed by atoms with van der Waals surface area (Å²) in [5.74, 6) is 0.309. The van der Waals surface area contributed by atoms with E-state index in [1.54, 1.807) is 0 Å². The number of carbonyl (C=O) groups is 1. The highest BCUT2D eigenvalue weighted by molar-refractivity contribution is 5.85. The quantitative estimate of drug-likeness (QED) is 0.876. The highest BCUT2D eigenvalue weighted by atomic mass is 35.5. The monoisotopic (exact) mass is 310 g/mol. The molecule has 0 bridgehead atoms. The van der Waals surface area contributed by atoms with E-state index in [0.717, 1.165) is 38.9 Å². The van der Waals surface area contributed by atoms with Gasteiger partial charge in [0.25, 0.3) is 0 Å². The average molecular weight is 311 g/mol. The van der Waals surface area contributed by atoms with Gasteiger partial charge in [0.2, 0.25) is 5.91 Å². The molecule has 4 heteroatoms. The number of benzene rings is 1. The minimum absolute atomic E-state index is 0. The summed E-state index contributed by atoms with van der Waals surface area (Å²) in [7, 11) is 0. The Morgan fingerprint density at radius 3 is 2.76 bits per heavy atom. The van der Waals surface area contributed by atoms with Crippen molar-refractivity contribution in [2.24, 2.45) is 0 Å². The fourth-order valence-corrected chi connectivity index (χ4v) is 2.93. The van der Waals surface area contributed by atoms with E-state index in [9.17, 15) is 4.79 Å². The number of hydrogen-bond donors (Lipinski definition) is 1. The minimum Gasteiger partial charge on any atom is -0.338 e. The molecule has 1 aromatic rings. The predicted molar refractivity (Wildman–Crippen MR) is 90.0 cm³/mol. The first-order chi connectivity index (χ1) is 9.72. The van der Waals surface area contributed by atoms with Crippen LogP contribution in [0.2, 0.25) is 0 Å². The van der Waals surface area contributed by atoms with Gasteiger partial charge >= 0.3 is 0 Å². The van der Waals surface area contributed by atoms with Crippen LogP contribution in [0.25, 0.3) is 0 Å². The van der Waals surface area contributed by atoms with Crippen molar-refractivity contribution in [2.75, 3.05) is 19.6 Å². The molecular formula is C17H27ClN2O. The summed E-state index contributed by atoms with van der Waals surface area (Å²) in [6.07, 6.45) is 3.61. The maximum Gasteiger partial charge on any atom is 0.223 e. The molecule has 1 N–H and O–H groups in total. The number of carbonyl (C=O) groups excluding carboxylic acids is 1. The van der Waals surface area contributed by atoms with Crippen molar-refractivity contribution in [1.29, 1.82) is 0 Å². The van der Waals surface area contributed by atoms with Crippen molar-refractivity contribution in [2.45, 2.75) is 45.6 Å². The highest BCUT2D eigenvalue weighted by Crippen LogP contribution is 2.14. The molecule has 0 aliphatic carbocycles. The van der Waals surface area contributed by atoms with Crippen LogP contribution in [0.5, 0.6) is 0 Å². The Bertz CT molecular complexity index is 444. The van der Waals surface area contributed by atoms with E-state index < -0.39 is 0 Å². The van der Waals surface area contributed by atoms with Crippen LogP contribution in [0.1, 0.15) is 37.3 Å². The van der Waals surface area contributed by atoms with Crippen molar-refractivity contribution >= 4 is 18.3 Å². The van der Waals surface area contributed by atoms with Gasteiger partial charge in [-0.05, 0) is 43.9 Å². The Morgan fingerprint density at radius 2 is 2.14 bits per heavy atom. The summed E-state index contributed by atoms with van der Waals surface area (Å²) < 4.78 is 0. The molecule has 1 aliphatic rings. The van der Waals surface area contributed by atoms with Crippen LogP contribution in [-0.4, -0.2) is 36.5 Å². The average Bonchev–Trinajstić information content (AvgIpc) is 2.97. The van der Waals surface area contributed by atoms with E-state index in [1.807, 2.05) is 6.07 Å². The summed E-state index contributed by atoms with van der Waals surface area (Å²) >= 11 is 0. The number of halogens is 1. The second-order valence-electron chi connectivity index (χ2n) is 5.66. The number of amides is 1. The summed E-state index contributed by atoms with van der Waals surface area (Å²) in [6, 6.07) is 8.75. The zero-order valence-electron chi connectivity index (χ0n) is 13.1. The molecule has 0 saturated carbocycles. The normalized spacial score (nSPS) is 17.3. The molecule has 1 saturated heterocycles. The van der Waals surface area contributed by atoms with E-state index in [2.05, 4.69) is 42.3 Å². The number of rotatable bonds is 6. The molecule has 2 rings (SSSR count). The van der Waals surface area contributed by atoms with Crippen molar-refractivity contribution in [1.82, 2.24) is 10.2 Å². The minimum atomic E-state index is 0. The van der Waals surface area contributed by atoms with E-state index in [0.29, 0.717) is 18.4 Å². The Balaban J connectivity index is 0.00000220. The number of nitrogens with one attached hydrogen (secondary N) is 1. The van der Waals surface area contributed by atoms with Crippen molar-refractivity contribution in [3.63, 3.8) is 0 Å². The van der Waals surface area contributed by atoms with Crippen LogP contribution in [0, 0.1) is 6.92 Å². The standard InChI is InChI=1S/C17H26N2O.ClH/c1-3-12-19(16-10-11-18-13-16)17(20)9-8-15-7-5-4-6-14(15)2;/h4-7,16,18H,3,8-13H2,1-2H3;1H. The van der Waals surface area contributed by atoms with Gasteiger partial charge in [0.1, 0.15) is 0 Å². The molecule has 1 heterocycles.